The molecule has 12 rings (SSSR count). The van der Waals surface area contributed by atoms with Crippen LogP contribution in [0.3, 0.4) is 0 Å². The van der Waals surface area contributed by atoms with E-state index in [2.05, 4.69) is 18.2 Å². The smallest absolute Gasteiger partial charge is 0.124 e. The zero-order chi connectivity index (χ0) is 45.3. The maximum Gasteiger partial charge on any atom is 0.124 e. The van der Waals surface area contributed by atoms with Crippen LogP contribution in [0.15, 0.2) is 218 Å². The minimum atomic E-state index is 0.252. The van der Waals surface area contributed by atoms with Crippen LogP contribution in [0.1, 0.15) is 0 Å². The molecular weight excluding hydrogens is 811 g/mol. The molecule has 0 aliphatic rings. The fraction of sp³-hybridized carbons (Fsp3) is 0. The first-order chi connectivity index (χ1) is 32.3. The topological polar surface area (TPSA) is 139 Å². The molecule has 0 amide bonds. The van der Waals surface area contributed by atoms with Gasteiger partial charge in [0.15, 0.2) is 0 Å². The van der Waals surface area contributed by atoms with Crippen molar-refractivity contribution in [3.63, 3.8) is 0 Å². The molecule has 0 atom stereocenters. The Morgan fingerprint density at radius 1 is 0.197 bits per heavy atom. The van der Waals surface area contributed by atoms with Gasteiger partial charge in [-0.2, -0.15) is 0 Å². The molecule has 6 nitrogen and oxygen atoms in total. The van der Waals surface area contributed by atoms with Crippen molar-refractivity contribution >= 4 is 81.7 Å². The lowest BCUT2D eigenvalue weighted by molar-refractivity contribution is 0.477. The lowest BCUT2D eigenvalue weighted by Crippen LogP contribution is -1.93. The van der Waals surface area contributed by atoms with Crippen LogP contribution in [0.4, 0.5) is 17.1 Å². The van der Waals surface area contributed by atoms with Gasteiger partial charge in [0.25, 0.3) is 0 Å². The predicted molar refractivity (Wildman–Crippen MR) is 279 cm³/mol. The largest absolute Gasteiger partial charge is 0.507 e. The first-order valence-electron chi connectivity index (χ1n) is 21.7. The summed E-state index contributed by atoms with van der Waals surface area (Å²) in [6, 6.07) is 71.1. The van der Waals surface area contributed by atoms with Crippen molar-refractivity contribution < 1.29 is 15.3 Å². The number of anilines is 3. The van der Waals surface area contributed by atoms with Crippen molar-refractivity contribution in [3.05, 3.63) is 218 Å². The van der Waals surface area contributed by atoms with Gasteiger partial charge in [-0.1, -0.05) is 182 Å². The molecule has 0 unspecified atom stereocenters. The summed E-state index contributed by atoms with van der Waals surface area (Å²) in [6.45, 7) is 0. The molecular formula is C60H45N3O3. The molecule has 12 aromatic carbocycles. The Bertz CT molecular complexity index is 3160. The van der Waals surface area contributed by atoms with Gasteiger partial charge in [-0.25, -0.2) is 0 Å². The van der Waals surface area contributed by atoms with E-state index in [1.807, 2.05) is 182 Å². The Hall–Kier alpha value is -9.00. The highest BCUT2D eigenvalue weighted by molar-refractivity contribution is 6.14. The van der Waals surface area contributed by atoms with Gasteiger partial charge in [-0.15, -0.1) is 0 Å². The van der Waals surface area contributed by atoms with E-state index in [9.17, 15) is 15.3 Å². The lowest BCUT2D eigenvalue weighted by Gasteiger charge is -2.14. The molecule has 12 aromatic rings. The van der Waals surface area contributed by atoms with Gasteiger partial charge in [-0.3, -0.25) is 0 Å². The van der Waals surface area contributed by atoms with E-state index >= 15 is 0 Å². The van der Waals surface area contributed by atoms with E-state index < -0.39 is 0 Å². The van der Waals surface area contributed by atoms with Crippen molar-refractivity contribution in [2.75, 3.05) is 17.2 Å². The van der Waals surface area contributed by atoms with Gasteiger partial charge in [0, 0.05) is 50.4 Å². The standard InChI is InChI=1S/3C20H15NO/c3*21-17-11-9-13-5-1-3-7-15(13)19(17)20-16-8-4-2-6-14(16)10-12-18(20)22/h3*1-12,22H,21H2. The number of phenolic OH excluding ortho intramolecular Hbond substituents is 3. The van der Waals surface area contributed by atoms with Crippen LogP contribution in [-0.2, 0) is 0 Å². The van der Waals surface area contributed by atoms with Crippen LogP contribution in [0, 0.1) is 0 Å². The number of nitrogens with two attached hydrogens (primary N) is 3. The number of phenols is 3. The van der Waals surface area contributed by atoms with Gasteiger partial charge in [0.05, 0.1) is 0 Å². The molecule has 0 aliphatic carbocycles. The Kier molecular flexibility index (Phi) is 10.7. The quantitative estimate of drug-likeness (QED) is 0.0979. The summed E-state index contributed by atoms with van der Waals surface area (Å²) in [5.41, 5.74) is 25.9. The normalized spacial score (nSPS) is 11.1. The minimum Gasteiger partial charge on any atom is -0.507 e. The number of nitrogen functional groups attached to an aromatic ring is 3. The second-order valence-electron chi connectivity index (χ2n) is 16.3. The first-order valence-corrected chi connectivity index (χ1v) is 21.7. The number of aromatic hydroxyl groups is 3. The Labute approximate surface area is 381 Å². The zero-order valence-corrected chi connectivity index (χ0v) is 35.9. The second-order valence-corrected chi connectivity index (χ2v) is 16.3. The maximum absolute atomic E-state index is 10.5. The fourth-order valence-electron chi connectivity index (χ4n) is 9.27. The third-order valence-corrected chi connectivity index (χ3v) is 12.4. The highest BCUT2D eigenvalue weighted by atomic mass is 16.3. The zero-order valence-electron chi connectivity index (χ0n) is 35.9. The first kappa shape index (κ1) is 41.0. The molecule has 0 aliphatic heterocycles. The van der Waals surface area contributed by atoms with Crippen molar-refractivity contribution in [1.82, 2.24) is 0 Å². The van der Waals surface area contributed by atoms with Gasteiger partial charge in [0.1, 0.15) is 17.2 Å². The number of fused-ring (bicyclic) bond motifs is 6. The van der Waals surface area contributed by atoms with E-state index in [4.69, 9.17) is 17.2 Å². The number of hydrogen-bond donors (Lipinski definition) is 6. The van der Waals surface area contributed by atoms with Gasteiger partial charge >= 0.3 is 0 Å². The summed E-state index contributed by atoms with van der Waals surface area (Å²) in [6.07, 6.45) is 0. The Morgan fingerprint density at radius 3 is 0.606 bits per heavy atom. The van der Waals surface area contributed by atoms with Crippen LogP contribution >= 0.6 is 0 Å². The number of rotatable bonds is 3. The summed E-state index contributed by atoms with van der Waals surface area (Å²) in [5.74, 6) is 0.755. The molecule has 318 valence electrons. The van der Waals surface area contributed by atoms with Crippen LogP contribution in [-0.4, -0.2) is 15.3 Å². The monoisotopic (exact) mass is 855 g/mol. The number of hydrogen-bond acceptors (Lipinski definition) is 6. The van der Waals surface area contributed by atoms with Crippen LogP contribution < -0.4 is 17.2 Å². The molecule has 0 spiro atoms. The fourth-order valence-corrected chi connectivity index (χ4v) is 9.27. The summed E-state index contributed by atoms with van der Waals surface area (Å²) in [7, 11) is 0. The molecule has 0 aromatic heterocycles. The molecule has 0 heterocycles. The molecule has 66 heavy (non-hydrogen) atoms. The van der Waals surface area contributed by atoms with E-state index in [0.717, 1.165) is 98.0 Å². The molecule has 0 fully saturated rings. The predicted octanol–water partition coefficient (Wildman–Crippen LogP) is 14.8. The van der Waals surface area contributed by atoms with E-state index in [0.29, 0.717) is 17.1 Å². The minimum absolute atomic E-state index is 0.252. The molecule has 0 saturated carbocycles. The van der Waals surface area contributed by atoms with Crippen molar-refractivity contribution in [2.24, 2.45) is 0 Å². The Balaban J connectivity index is 0.000000116. The SMILES string of the molecule is Nc1ccc2ccccc2c1-c1c(O)ccc2ccccc12.Nc1ccc2ccccc2c1-c1c(O)ccc2ccccc12.Nc1ccc2ccccc2c1-c1c(O)ccc2ccccc12. The van der Waals surface area contributed by atoms with Crippen molar-refractivity contribution in [1.29, 1.82) is 0 Å². The van der Waals surface area contributed by atoms with Crippen molar-refractivity contribution in [2.45, 2.75) is 0 Å². The van der Waals surface area contributed by atoms with Crippen molar-refractivity contribution in [3.8, 4) is 50.6 Å². The summed E-state index contributed by atoms with van der Waals surface area (Å²) in [5, 5.41) is 44.2. The number of benzene rings is 12. The van der Waals surface area contributed by atoms with Crippen LogP contribution in [0.2, 0.25) is 0 Å². The highest BCUT2D eigenvalue weighted by Crippen LogP contribution is 2.46. The van der Waals surface area contributed by atoms with E-state index in [1.54, 1.807) is 18.2 Å². The molecule has 6 heteroatoms. The van der Waals surface area contributed by atoms with E-state index in [-0.39, 0.29) is 17.2 Å². The van der Waals surface area contributed by atoms with Crippen LogP contribution in [0.5, 0.6) is 17.2 Å². The summed E-state index contributed by atoms with van der Waals surface area (Å²) < 4.78 is 0. The molecule has 0 saturated heterocycles. The average Bonchev–Trinajstić information content (AvgIpc) is 3.35. The third kappa shape index (κ3) is 7.42. The maximum atomic E-state index is 10.5. The average molecular weight is 856 g/mol. The third-order valence-electron chi connectivity index (χ3n) is 12.4. The lowest BCUT2D eigenvalue weighted by atomic mass is 9.92. The van der Waals surface area contributed by atoms with Gasteiger partial charge < -0.3 is 32.5 Å². The Morgan fingerprint density at radius 2 is 0.379 bits per heavy atom. The summed E-state index contributed by atoms with van der Waals surface area (Å²) in [4.78, 5) is 0. The van der Waals surface area contributed by atoms with E-state index in [1.165, 1.54) is 0 Å². The highest BCUT2D eigenvalue weighted by Gasteiger charge is 2.18. The molecule has 9 N–H and O–H groups in total. The van der Waals surface area contributed by atoms with Gasteiger partial charge in [0.2, 0.25) is 0 Å². The summed E-state index contributed by atoms with van der Waals surface area (Å²) >= 11 is 0. The van der Waals surface area contributed by atoms with Crippen LogP contribution in [0.25, 0.3) is 98.0 Å². The molecule has 0 radical (unpaired) electrons. The molecule has 0 bridgehead atoms. The second kappa shape index (κ2) is 17.3. The van der Waals surface area contributed by atoms with Gasteiger partial charge in [-0.05, 0) is 101 Å².